The molecule has 4 heterocycles. The van der Waals surface area contributed by atoms with Crippen LogP contribution in [0.5, 0.6) is 5.75 Å². The van der Waals surface area contributed by atoms with Crippen molar-refractivity contribution in [3.05, 3.63) is 29.8 Å². The minimum absolute atomic E-state index is 0.00814. The number of amides is 1. The first kappa shape index (κ1) is 38.1. The lowest BCUT2D eigenvalue weighted by Gasteiger charge is -2.30. The molecule has 0 bridgehead atoms. The van der Waals surface area contributed by atoms with Gasteiger partial charge in [0.2, 0.25) is 0 Å². The van der Waals surface area contributed by atoms with E-state index in [2.05, 4.69) is 41.4 Å². The van der Waals surface area contributed by atoms with Gasteiger partial charge in [0.25, 0.3) is 0 Å². The Balaban J connectivity index is 1.35. The lowest BCUT2D eigenvalue weighted by atomic mass is 9.92. The van der Waals surface area contributed by atoms with Crippen molar-refractivity contribution in [2.75, 3.05) is 38.2 Å². The zero-order valence-electron chi connectivity index (χ0n) is 30.8. The van der Waals surface area contributed by atoms with Crippen LogP contribution in [0.1, 0.15) is 89.6 Å². The first-order chi connectivity index (χ1) is 23.4. The van der Waals surface area contributed by atoms with E-state index in [9.17, 15) is 18.0 Å². The Kier molecular flexibility index (Phi) is 11.6. The smallest absolute Gasteiger partial charge is 0.436 e. The lowest BCUT2D eigenvalue weighted by Crippen LogP contribution is -2.37. The van der Waals surface area contributed by atoms with E-state index in [-0.39, 0.29) is 24.4 Å². The van der Waals surface area contributed by atoms with Crippen LogP contribution in [-0.4, -0.2) is 88.6 Å². The predicted octanol–water partition coefficient (Wildman–Crippen LogP) is 8.09. The summed E-state index contributed by atoms with van der Waals surface area (Å²) < 4.78 is 62.8. The number of hydrogen-bond acceptors (Lipinski definition) is 8. The first-order valence-corrected chi connectivity index (χ1v) is 21.6. The highest BCUT2D eigenvalue weighted by atomic mass is 28.3. The second kappa shape index (κ2) is 15.2. The Morgan fingerprint density at radius 2 is 1.72 bits per heavy atom. The van der Waals surface area contributed by atoms with E-state index in [0.29, 0.717) is 44.7 Å². The topological polar surface area (TPSA) is 99.8 Å². The highest BCUT2D eigenvalue weighted by molar-refractivity contribution is 6.76. The maximum absolute atomic E-state index is 14.2. The van der Waals surface area contributed by atoms with E-state index >= 15 is 0 Å². The Bertz CT molecular complexity index is 1600. The van der Waals surface area contributed by atoms with Gasteiger partial charge in [0, 0.05) is 44.8 Å². The van der Waals surface area contributed by atoms with Crippen molar-refractivity contribution in [1.82, 2.24) is 29.4 Å². The number of aromatic nitrogens is 5. The van der Waals surface area contributed by atoms with Crippen molar-refractivity contribution in [2.24, 2.45) is 0 Å². The summed E-state index contributed by atoms with van der Waals surface area (Å²) in [4.78, 5) is 21.7. The second-order valence-electron chi connectivity index (χ2n) is 15.9. The summed E-state index contributed by atoms with van der Waals surface area (Å²) in [5, 5.41) is 10.2. The second-order valence-corrected chi connectivity index (χ2v) is 21.6. The molecule has 1 saturated heterocycles. The first-order valence-electron chi connectivity index (χ1n) is 17.9. The molecule has 1 amide bonds. The number of anilines is 1. The van der Waals surface area contributed by atoms with Gasteiger partial charge in [0.1, 0.15) is 18.1 Å². The number of likely N-dealkylation sites (tertiary alicyclic amines) is 1. The van der Waals surface area contributed by atoms with Crippen LogP contribution >= 0.6 is 0 Å². The molecule has 0 unspecified atom stereocenters. The van der Waals surface area contributed by atoms with Gasteiger partial charge in [-0.25, -0.2) is 14.5 Å². The van der Waals surface area contributed by atoms with Crippen LogP contribution in [0.15, 0.2) is 18.5 Å². The summed E-state index contributed by atoms with van der Waals surface area (Å²) in [6.45, 7) is 16.4. The average molecular weight is 722 g/mol. The molecule has 0 spiro atoms. The molecule has 2 aliphatic rings. The Labute approximate surface area is 294 Å². The number of rotatable bonds is 11. The van der Waals surface area contributed by atoms with Gasteiger partial charge in [-0.15, -0.1) is 0 Å². The van der Waals surface area contributed by atoms with Crippen molar-refractivity contribution >= 4 is 30.9 Å². The molecule has 15 heteroatoms. The SMILES string of the molecule is CCN(C(=O)OC(C)(C)C)c1cc2c(cn1)c(C1CCN(C)CC1)nn2[C@H]1CC[C@@H](Oc2cnn(COCC[Si](C)(C)C)c2C(F)(F)F)CC1. The van der Waals surface area contributed by atoms with Gasteiger partial charge in [0.05, 0.1) is 29.6 Å². The number of nitrogens with zero attached hydrogens (tertiary/aromatic N) is 7. The van der Waals surface area contributed by atoms with E-state index in [1.54, 1.807) is 0 Å². The van der Waals surface area contributed by atoms with E-state index in [4.69, 9.17) is 24.3 Å². The van der Waals surface area contributed by atoms with Crippen LogP contribution in [0.4, 0.5) is 23.8 Å². The quantitative estimate of drug-likeness (QED) is 0.145. The van der Waals surface area contributed by atoms with E-state index < -0.39 is 37.7 Å². The van der Waals surface area contributed by atoms with Crippen molar-refractivity contribution in [3.63, 3.8) is 0 Å². The van der Waals surface area contributed by atoms with Gasteiger partial charge in [0.15, 0.2) is 11.4 Å². The molecule has 0 N–H and O–H groups in total. The van der Waals surface area contributed by atoms with Crippen LogP contribution in [-0.2, 0) is 22.4 Å². The van der Waals surface area contributed by atoms with Crippen LogP contribution in [0.3, 0.4) is 0 Å². The van der Waals surface area contributed by atoms with Gasteiger partial charge in [-0.1, -0.05) is 19.6 Å². The number of carbonyl (C=O) groups is 1. The standard InChI is InChI=1S/C35H54F3N7O4Si/c1-9-43(33(46)49-34(2,3)4)30-20-28-27(21-39-30)31(24-14-16-42(5)17-15-24)41-45(28)25-10-12-26(13-11-25)48-29-22-40-44(32(29)35(36,37)38)23-47-18-19-50(6,7)8/h20-22,24-26H,9-19,23H2,1-8H3/t25-,26+. The molecule has 278 valence electrons. The molecule has 1 aliphatic heterocycles. The fraction of sp³-hybridized carbons (Fsp3) is 0.714. The minimum Gasteiger partial charge on any atom is -0.486 e. The maximum Gasteiger partial charge on any atom is 0.436 e. The lowest BCUT2D eigenvalue weighted by molar-refractivity contribution is -0.148. The predicted molar refractivity (Wildman–Crippen MR) is 190 cm³/mol. The van der Waals surface area contributed by atoms with Crippen molar-refractivity contribution in [3.8, 4) is 5.75 Å². The van der Waals surface area contributed by atoms with Gasteiger partial charge >= 0.3 is 12.3 Å². The molecule has 1 saturated carbocycles. The van der Waals surface area contributed by atoms with Crippen molar-refractivity contribution in [1.29, 1.82) is 0 Å². The molecule has 3 aromatic rings. The molecule has 0 aromatic carbocycles. The van der Waals surface area contributed by atoms with Gasteiger partial charge < -0.3 is 19.1 Å². The van der Waals surface area contributed by atoms with E-state index in [1.165, 1.54) is 4.90 Å². The molecular weight excluding hydrogens is 668 g/mol. The van der Waals surface area contributed by atoms with Crippen LogP contribution in [0.25, 0.3) is 10.9 Å². The molecule has 5 rings (SSSR count). The summed E-state index contributed by atoms with van der Waals surface area (Å²) in [5.41, 5.74) is 0.336. The fourth-order valence-corrected chi connectivity index (χ4v) is 7.47. The number of ether oxygens (including phenoxy) is 3. The van der Waals surface area contributed by atoms with Crippen LogP contribution in [0, 0.1) is 0 Å². The number of halogens is 3. The van der Waals surface area contributed by atoms with E-state index in [0.717, 1.165) is 59.5 Å². The Morgan fingerprint density at radius 3 is 2.32 bits per heavy atom. The monoisotopic (exact) mass is 721 g/mol. The summed E-state index contributed by atoms with van der Waals surface area (Å²) >= 11 is 0. The number of fused-ring (bicyclic) bond motifs is 1. The van der Waals surface area contributed by atoms with E-state index in [1.807, 2.05) is 40.0 Å². The van der Waals surface area contributed by atoms with Gasteiger partial charge in [-0.05, 0) is 92.4 Å². The molecular formula is C35H54F3N7O4Si. The molecule has 3 aromatic heterocycles. The highest BCUT2D eigenvalue weighted by Gasteiger charge is 2.40. The molecule has 11 nitrogen and oxygen atoms in total. The summed E-state index contributed by atoms with van der Waals surface area (Å²) in [6.07, 6.45) is 1.92. The summed E-state index contributed by atoms with van der Waals surface area (Å²) in [5.74, 6) is 0.511. The normalized spacial score (nSPS) is 20.0. The number of pyridine rings is 1. The molecule has 1 aliphatic carbocycles. The Morgan fingerprint density at radius 1 is 1.04 bits per heavy atom. The number of hydrogen-bond donors (Lipinski definition) is 0. The number of piperidine rings is 1. The van der Waals surface area contributed by atoms with Crippen LogP contribution in [0.2, 0.25) is 25.7 Å². The maximum atomic E-state index is 14.2. The minimum atomic E-state index is -4.64. The number of alkyl halides is 3. The fourth-order valence-electron chi connectivity index (χ4n) is 6.71. The summed E-state index contributed by atoms with van der Waals surface area (Å²) in [6, 6.07) is 2.78. The third-order valence-corrected chi connectivity index (χ3v) is 11.2. The molecule has 0 radical (unpaired) electrons. The Hall–Kier alpha value is -3.17. The largest absolute Gasteiger partial charge is 0.486 e. The highest BCUT2D eigenvalue weighted by Crippen LogP contribution is 2.41. The number of carbonyl (C=O) groups excluding carboxylic acids is 1. The molecule has 2 fully saturated rings. The molecule has 50 heavy (non-hydrogen) atoms. The molecule has 0 atom stereocenters. The van der Waals surface area contributed by atoms with Crippen LogP contribution < -0.4 is 9.64 Å². The third kappa shape index (κ3) is 9.38. The zero-order valence-corrected chi connectivity index (χ0v) is 31.8. The average Bonchev–Trinajstić information content (AvgIpc) is 3.60. The van der Waals surface area contributed by atoms with Crippen molar-refractivity contribution in [2.45, 2.75) is 128 Å². The zero-order chi connectivity index (χ0) is 36.4. The van der Waals surface area contributed by atoms with Crippen molar-refractivity contribution < 1.29 is 32.2 Å². The third-order valence-electron chi connectivity index (χ3n) is 9.49. The summed E-state index contributed by atoms with van der Waals surface area (Å²) in [7, 11) is 0.747. The van der Waals surface area contributed by atoms with Gasteiger partial charge in [-0.2, -0.15) is 23.4 Å². The van der Waals surface area contributed by atoms with Gasteiger partial charge in [-0.3, -0.25) is 9.58 Å².